The van der Waals surface area contributed by atoms with Crippen molar-refractivity contribution in [2.75, 3.05) is 12.4 Å². The fourth-order valence-corrected chi connectivity index (χ4v) is 1.78. The number of halogens is 1. The first-order valence-corrected chi connectivity index (χ1v) is 5.62. The standard InChI is InChI=1S/C10H12BrN5/c1-6-7(11)8(12-2)15-9(14-6)10-13-4-5-16(10)3/h4-5H,1-3H3,(H,12,14,15). The van der Waals surface area contributed by atoms with Gasteiger partial charge in [-0.2, -0.15) is 0 Å². The van der Waals surface area contributed by atoms with Crippen LogP contribution in [0.15, 0.2) is 16.9 Å². The zero-order valence-corrected chi connectivity index (χ0v) is 10.9. The Labute approximate surface area is 102 Å². The van der Waals surface area contributed by atoms with Gasteiger partial charge in [-0.1, -0.05) is 0 Å². The van der Waals surface area contributed by atoms with Crippen molar-refractivity contribution in [3.63, 3.8) is 0 Å². The Balaban J connectivity index is 2.59. The van der Waals surface area contributed by atoms with Crippen molar-refractivity contribution in [1.82, 2.24) is 19.5 Å². The first-order valence-electron chi connectivity index (χ1n) is 4.83. The number of hydrogen-bond acceptors (Lipinski definition) is 4. The smallest absolute Gasteiger partial charge is 0.198 e. The third-order valence-electron chi connectivity index (χ3n) is 2.27. The van der Waals surface area contributed by atoms with Gasteiger partial charge in [0.25, 0.3) is 0 Å². The van der Waals surface area contributed by atoms with Crippen LogP contribution in [0.5, 0.6) is 0 Å². The Morgan fingerprint density at radius 2 is 2.12 bits per heavy atom. The van der Waals surface area contributed by atoms with Crippen molar-refractivity contribution < 1.29 is 0 Å². The maximum Gasteiger partial charge on any atom is 0.198 e. The summed E-state index contributed by atoms with van der Waals surface area (Å²) in [6, 6.07) is 0. The number of hydrogen-bond donors (Lipinski definition) is 1. The highest BCUT2D eigenvalue weighted by atomic mass is 79.9. The van der Waals surface area contributed by atoms with Gasteiger partial charge >= 0.3 is 0 Å². The van der Waals surface area contributed by atoms with Gasteiger partial charge in [0.15, 0.2) is 11.6 Å². The van der Waals surface area contributed by atoms with Gasteiger partial charge in [-0.3, -0.25) is 0 Å². The minimum Gasteiger partial charge on any atom is -0.372 e. The van der Waals surface area contributed by atoms with Gasteiger partial charge in [-0.15, -0.1) is 0 Å². The van der Waals surface area contributed by atoms with Crippen LogP contribution < -0.4 is 5.32 Å². The van der Waals surface area contributed by atoms with Gasteiger partial charge in [0.05, 0.1) is 10.2 Å². The molecule has 2 aromatic rings. The second kappa shape index (κ2) is 4.21. The minimum absolute atomic E-state index is 0.623. The lowest BCUT2D eigenvalue weighted by Gasteiger charge is -2.08. The van der Waals surface area contributed by atoms with E-state index in [1.54, 1.807) is 6.20 Å². The van der Waals surface area contributed by atoms with Crippen LogP contribution >= 0.6 is 15.9 Å². The zero-order chi connectivity index (χ0) is 11.7. The first-order chi connectivity index (χ1) is 7.63. The number of nitrogens with zero attached hydrogens (tertiary/aromatic N) is 4. The van der Waals surface area contributed by atoms with Gasteiger partial charge in [0.2, 0.25) is 0 Å². The Morgan fingerprint density at radius 3 is 2.69 bits per heavy atom. The lowest BCUT2D eigenvalue weighted by molar-refractivity contribution is 0.902. The van der Waals surface area contributed by atoms with E-state index in [9.17, 15) is 0 Å². The van der Waals surface area contributed by atoms with E-state index in [-0.39, 0.29) is 0 Å². The number of rotatable bonds is 2. The topological polar surface area (TPSA) is 55.6 Å². The summed E-state index contributed by atoms with van der Waals surface area (Å²) in [6.07, 6.45) is 3.60. The SMILES string of the molecule is CNc1nc(-c2nccn2C)nc(C)c1Br. The average molecular weight is 282 g/mol. The highest BCUT2D eigenvalue weighted by Gasteiger charge is 2.12. The monoisotopic (exact) mass is 281 g/mol. The molecule has 0 unspecified atom stereocenters. The average Bonchev–Trinajstić information content (AvgIpc) is 2.68. The van der Waals surface area contributed by atoms with E-state index in [1.165, 1.54) is 0 Å². The van der Waals surface area contributed by atoms with Crippen molar-refractivity contribution in [3.8, 4) is 11.6 Å². The van der Waals surface area contributed by atoms with Crippen LogP contribution in [0.4, 0.5) is 5.82 Å². The summed E-state index contributed by atoms with van der Waals surface area (Å²) in [6.45, 7) is 1.93. The van der Waals surface area contributed by atoms with E-state index < -0.39 is 0 Å². The third kappa shape index (κ3) is 1.80. The summed E-state index contributed by atoms with van der Waals surface area (Å²) in [5.74, 6) is 2.15. The molecule has 0 aromatic carbocycles. The Morgan fingerprint density at radius 1 is 1.38 bits per heavy atom. The zero-order valence-electron chi connectivity index (χ0n) is 9.32. The van der Waals surface area contributed by atoms with E-state index in [0.29, 0.717) is 5.82 Å². The molecular weight excluding hydrogens is 270 g/mol. The molecule has 0 fully saturated rings. The van der Waals surface area contributed by atoms with Gasteiger partial charge in [0, 0.05) is 26.5 Å². The van der Waals surface area contributed by atoms with Crippen LogP contribution in [0.3, 0.4) is 0 Å². The van der Waals surface area contributed by atoms with E-state index >= 15 is 0 Å². The summed E-state index contributed by atoms with van der Waals surface area (Å²) >= 11 is 3.44. The maximum atomic E-state index is 4.40. The quantitative estimate of drug-likeness (QED) is 0.915. The molecule has 0 saturated carbocycles. The lowest BCUT2D eigenvalue weighted by atomic mass is 10.4. The fraction of sp³-hybridized carbons (Fsp3) is 0.300. The van der Waals surface area contributed by atoms with Crippen LogP contribution in [-0.4, -0.2) is 26.6 Å². The van der Waals surface area contributed by atoms with Crippen LogP contribution in [0.2, 0.25) is 0 Å². The predicted octanol–water partition coefficient (Wildman–Crippen LogP) is 1.99. The van der Waals surface area contributed by atoms with Crippen LogP contribution in [0, 0.1) is 6.92 Å². The molecule has 1 N–H and O–H groups in total. The first kappa shape index (κ1) is 11.1. The Bertz CT molecular complexity index is 520. The summed E-state index contributed by atoms with van der Waals surface area (Å²) in [7, 11) is 3.75. The number of anilines is 1. The molecular formula is C10H12BrN5. The normalized spacial score (nSPS) is 10.5. The second-order valence-corrected chi connectivity index (χ2v) is 4.20. The highest BCUT2D eigenvalue weighted by molar-refractivity contribution is 9.10. The molecule has 0 radical (unpaired) electrons. The Kier molecular flexibility index (Phi) is 2.91. The van der Waals surface area contributed by atoms with Gasteiger partial charge in [-0.25, -0.2) is 15.0 Å². The lowest BCUT2D eigenvalue weighted by Crippen LogP contribution is -2.03. The molecule has 2 heterocycles. The second-order valence-electron chi connectivity index (χ2n) is 3.41. The van der Waals surface area contributed by atoms with E-state index in [4.69, 9.17) is 0 Å². The Hall–Kier alpha value is -1.43. The molecule has 0 bridgehead atoms. The molecule has 0 aliphatic heterocycles. The van der Waals surface area contributed by atoms with E-state index in [0.717, 1.165) is 21.8 Å². The highest BCUT2D eigenvalue weighted by Crippen LogP contribution is 2.25. The summed E-state index contributed by atoms with van der Waals surface area (Å²) in [5.41, 5.74) is 0.886. The number of aryl methyl sites for hydroxylation is 2. The van der Waals surface area contributed by atoms with Crippen molar-refractivity contribution in [2.24, 2.45) is 7.05 Å². The molecule has 84 valence electrons. The number of aromatic nitrogens is 4. The number of imidazole rings is 1. The van der Waals surface area contributed by atoms with Crippen molar-refractivity contribution >= 4 is 21.7 Å². The van der Waals surface area contributed by atoms with Crippen molar-refractivity contribution in [1.29, 1.82) is 0 Å². The van der Waals surface area contributed by atoms with Crippen molar-refractivity contribution in [3.05, 3.63) is 22.6 Å². The number of nitrogens with one attached hydrogen (secondary N) is 1. The summed E-state index contributed by atoms with van der Waals surface area (Å²) in [4.78, 5) is 13.0. The molecule has 0 saturated heterocycles. The molecule has 0 aliphatic rings. The van der Waals surface area contributed by atoms with Crippen molar-refractivity contribution in [2.45, 2.75) is 6.92 Å². The predicted molar refractivity (Wildman–Crippen MR) is 66.2 cm³/mol. The largest absolute Gasteiger partial charge is 0.372 e. The van der Waals surface area contributed by atoms with E-state index in [2.05, 4.69) is 36.2 Å². The molecule has 16 heavy (non-hydrogen) atoms. The molecule has 2 rings (SSSR count). The molecule has 5 nitrogen and oxygen atoms in total. The van der Waals surface area contributed by atoms with Crippen LogP contribution in [-0.2, 0) is 7.05 Å². The van der Waals surface area contributed by atoms with Gasteiger partial charge in [-0.05, 0) is 22.9 Å². The van der Waals surface area contributed by atoms with Crippen LogP contribution in [0.1, 0.15) is 5.69 Å². The summed E-state index contributed by atoms with van der Waals surface area (Å²) < 4.78 is 2.77. The molecule has 6 heteroatoms. The van der Waals surface area contributed by atoms with Crippen LogP contribution in [0.25, 0.3) is 11.6 Å². The third-order valence-corrected chi connectivity index (χ3v) is 3.22. The molecule has 0 atom stereocenters. The van der Waals surface area contributed by atoms with E-state index in [1.807, 2.05) is 31.8 Å². The molecule has 0 spiro atoms. The molecule has 0 aliphatic carbocycles. The van der Waals surface area contributed by atoms with Gasteiger partial charge < -0.3 is 9.88 Å². The molecule has 2 aromatic heterocycles. The molecule has 0 amide bonds. The van der Waals surface area contributed by atoms with Gasteiger partial charge in [0.1, 0.15) is 5.82 Å². The summed E-state index contributed by atoms with van der Waals surface area (Å²) in [5, 5.41) is 3.02. The minimum atomic E-state index is 0.623. The fourth-order valence-electron chi connectivity index (χ4n) is 1.41. The maximum absolute atomic E-state index is 4.40.